The van der Waals surface area contributed by atoms with E-state index in [-0.39, 0.29) is 27.6 Å². The maximum Gasteiger partial charge on any atom is 0.416 e. The SMILES string of the molecule is COc1cc(/C=C(/C#N)c2nc3cc(C(F)(F)F)ccc3s2)ccc1OC(F)F. The van der Waals surface area contributed by atoms with Crippen LogP contribution in [0.1, 0.15) is 16.1 Å². The summed E-state index contributed by atoms with van der Waals surface area (Å²) in [4.78, 5) is 4.13. The van der Waals surface area contributed by atoms with Crippen molar-refractivity contribution in [1.82, 2.24) is 4.98 Å². The highest BCUT2D eigenvalue weighted by Crippen LogP contribution is 2.35. The van der Waals surface area contributed by atoms with Gasteiger partial charge in [0.2, 0.25) is 0 Å². The molecule has 0 saturated carbocycles. The van der Waals surface area contributed by atoms with Crippen LogP contribution >= 0.6 is 11.3 Å². The molecule has 4 nitrogen and oxygen atoms in total. The van der Waals surface area contributed by atoms with E-state index in [2.05, 4.69) is 9.72 Å². The minimum absolute atomic E-state index is 0.0375. The smallest absolute Gasteiger partial charge is 0.416 e. The first-order chi connectivity index (χ1) is 13.7. The highest BCUT2D eigenvalue weighted by molar-refractivity contribution is 7.19. The quantitative estimate of drug-likeness (QED) is 0.372. The monoisotopic (exact) mass is 426 g/mol. The number of hydrogen-bond donors (Lipinski definition) is 0. The number of aromatic nitrogens is 1. The molecule has 0 fully saturated rings. The van der Waals surface area contributed by atoms with Gasteiger partial charge in [-0.05, 0) is 42.0 Å². The van der Waals surface area contributed by atoms with E-state index in [0.717, 1.165) is 23.5 Å². The van der Waals surface area contributed by atoms with E-state index >= 15 is 0 Å². The van der Waals surface area contributed by atoms with E-state index in [1.807, 2.05) is 6.07 Å². The van der Waals surface area contributed by atoms with Gasteiger partial charge in [0.1, 0.15) is 11.1 Å². The summed E-state index contributed by atoms with van der Waals surface area (Å²) in [5.41, 5.74) is -0.164. The van der Waals surface area contributed by atoms with Gasteiger partial charge in [-0.3, -0.25) is 0 Å². The van der Waals surface area contributed by atoms with E-state index in [0.29, 0.717) is 10.3 Å². The molecule has 0 amide bonds. The first kappa shape index (κ1) is 20.5. The lowest BCUT2D eigenvalue weighted by atomic mass is 10.1. The van der Waals surface area contributed by atoms with E-state index < -0.39 is 18.4 Å². The van der Waals surface area contributed by atoms with Crippen LogP contribution in [0.25, 0.3) is 21.9 Å². The number of nitriles is 1. The van der Waals surface area contributed by atoms with Gasteiger partial charge in [0, 0.05) is 0 Å². The number of thiazole rings is 1. The first-order valence-corrected chi connectivity index (χ1v) is 8.75. The Labute approximate surface area is 165 Å². The number of benzene rings is 2. The Morgan fingerprint density at radius 2 is 1.93 bits per heavy atom. The Bertz CT molecular complexity index is 1120. The Morgan fingerprint density at radius 3 is 2.55 bits per heavy atom. The number of allylic oxidation sites excluding steroid dienone is 1. The van der Waals surface area contributed by atoms with Crippen LogP contribution < -0.4 is 9.47 Å². The van der Waals surface area contributed by atoms with Gasteiger partial charge in [0.25, 0.3) is 0 Å². The second kappa shape index (κ2) is 8.05. The minimum Gasteiger partial charge on any atom is -0.493 e. The molecule has 3 aromatic rings. The van der Waals surface area contributed by atoms with Crippen LogP contribution in [0.3, 0.4) is 0 Å². The zero-order valence-corrected chi connectivity index (χ0v) is 15.4. The molecule has 0 radical (unpaired) electrons. The van der Waals surface area contributed by atoms with E-state index in [1.54, 1.807) is 0 Å². The topological polar surface area (TPSA) is 55.1 Å². The van der Waals surface area contributed by atoms with Crippen LogP contribution in [0.2, 0.25) is 0 Å². The molecule has 0 spiro atoms. The van der Waals surface area contributed by atoms with E-state index in [1.165, 1.54) is 37.5 Å². The van der Waals surface area contributed by atoms with Crippen molar-refractivity contribution in [3.8, 4) is 17.6 Å². The van der Waals surface area contributed by atoms with Crippen molar-refractivity contribution in [1.29, 1.82) is 5.26 Å². The lowest BCUT2D eigenvalue weighted by Gasteiger charge is -2.10. The molecule has 1 aromatic heterocycles. The number of alkyl halides is 5. The molecule has 0 aliphatic carbocycles. The zero-order valence-electron chi connectivity index (χ0n) is 14.6. The molecule has 3 rings (SSSR count). The number of hydrogen-bond acceptors (Lipinski definition) is 5. The van der Waals surface area contributed by atoms with Crippen molar-refractivity contribution < 1.29 is 31.4 Å². The third-order valence-electron chi connectivity index (χ3n) is 3.78. The summed E-state index contributed by atoms with van der Waals surface area (Å²) < 4.78 is 73.3. The summed E-state index contributed by atoms with van der Waals surface area (Å²) in [6, 6.07) is 9.22. The number of fused-ring (bicyclic) bond motifs is 1. The van der Waals surface area contributed by atoms with Crippen molar-refractivity contribution >= 4 is 33.2 Å². The molecule has 0 aliphatic heterocycles. The van der Waals surface area contributed by atoms with Crippen molar-refractivity contribution in [3.05, 3.63) is 52.5 Å². The van der Waals surface area contributed by atoms with Gasteiger partial charge in [-0.2, -0.15) is 27.2 Å². The molecule has 0 bridgehead atoms. The number of methoxy groups -OCH3 is 1. The van der Waals surface area contributed by atoms with Crippen LogP contribution in [0.5, 0.6) is 11.5 Å². The zero-order chi connectivity index (χ0) is 21.2. The third-order valence-corrected chi connectivity index (χ3v) is 4.85. The van der Waals surface area contributed by atoms with Crippen LogP contribution in [0, 0.1) is 11.3 Å². The molecule has 0 unspecified atom stereocenters. The molecule has 10 heteroatoms. The molecular weight excluding hydrogens is 415 g/mol. The molecule has 1 heterocycles. The fourth-order valence-electron chi connectivity index (χ4n) is 2.49. The molecule has 150 valence electrons. The average molecular weight is 426 g/mol. The molecule has 0 N–H and O–H groups in total. The Balaban J connectivity index is 1.99. The highest BCUT2D eigenvalue weighted by Gasteiger charge is 2.30. The highest BCUT2D eigenvalue weighted by atomic mass is 32.1. The van der Waals surface area contributed by atoms with Crippen molar-refractivity contribution in [2.75, 3.05) is 7.11 Å². The van der Waals surface area contributed by atoms with Gasteiger partial charge in [-0.25, -0.2) is 4.98 Å². The van der Waals surface area contributed by atoms with Crippen molar-refractivity contribution in [2.45, 2.75) is 12.8 Å². The lowest BCUT2D eigenvalue weighted by molar-refractivity contribution is -0.137. The average Bonchev–Trinajstić information content (AvgIpc) is 3.09. The lowest BCUT2D eigenvalue weighted by Crippen LogP contribution is -2.03. The van der Waals surface area contributed by atoms with E-state index in [4.69, 9.17) is 4.74 Å². The van der Waals surface area contributed by atoms with Gasteiger partial charge in [-0.1, -0.05) is 6.07 Å². The third kappa shape index (κ3) is 4.63. The second-order valence-corrected chi connectivity index (χ2v) is 6.69. The predicted molar refractivity (Wildman–Crippen MR) is 97.7 cm³/mol. The second-order valence-electron chi connectivity index (χ2n) is 5.66. The van der Waals surface area contributed by atoms with Gasteiger partial charge < -0.3 is 9.47 Å². The predicted octanol–water partition coefficient (Wildman–Crippen LogP) is 5.99. The largest absolute Gasteiger partial charge is 0.493 e. The number of nitrogens with zero attached hydrogens (tertiary/aromatic N) is 2. The maximum absolute atomic E-state index is 12.9. The number of ether oxygens (including phenoxy) is 2. The summed E-state index contributed by atoms with van der Waals surface area (Å²) in [7, 11) is 1.28. The molecule has 0 aliphatic rings. The summed E-state index contributed by atoms with van der Waals surface area (Å²) in [6.07, 6.45) is -3.07. The standard InChI is InChI=1S/C19H11F5N2O2S/c1-27-15-7-10(2-4-14(15)28-18(20)21)6-11(9-25)17-26-13-8-12(19(22,23)24)3-5-16(13)29-17/h2-8,18H,1H3/b11-6-. The maximum atomic E-state index is 12.9. The van der Waals surface area contributed by atoms with Crippen LogP contribution in [-0.2, 0) is 6.18 Å². The number of halogens is 5. The summed E-state index contributed by atoms with van der Waals surface area (Å²) in [5.74, 6) is -0.131. The fourth-order valence-corrected chi connectivity index (χ4v) is 3.41. The minimum atomic E-state index is -4.50. The van der Waals surface area contributed by atoms with Crippen LogP contribution in [0.4, 0.5) is 22.0 Å². The van der Waals surface area contributed by atoms with Crippen LogP contribution in [0.15, 0.2) is 36.4 Å². The number of rotatable bonds is 5. The Hall–Kier alpha value is -3.19. The summed E-state index contributed by atoms with van der Waals surface area (Å²) in [6.45, 7) is -3.02. The normalized spacial score (nSPS) is 12.3. The van der Waals surface area contributed by atoms with Gasteiger partial charge in [0.15, 0.2) is 11.5 Å². The first-order valence-electron chi connectivity index (χ1n) is 7.94. The summed E-state index contributed by atoms with van der Waals surface area (Å²) in [5, 5.41) is 9.69. The van der Waals surface area contributed by atoms with Crippen molar-refractivity contribution in [2.24, 2.45) is 0 Å². The molecule has 29 heavy (non-hydrogen) atoms. The molecular formula is C19H11F5N2O2S. The molecule has 0 saturated heterocycles. The van der Waals surface area contributed by atoms with Crippen molar-refractivity contribution in [3.63, 3.8) is 0 Å². The van der Waals surface area contributed by atoms with Gasteiger partial charge in [0.05, 0.1) is 28.5 Å². The Morgan fingerprint density at radius 1 is 1.17 bits per heavy atom. The van der Waals surface area contributed by atoms with Crippen LogP contribution in [-0.4, -0.2) is 18.7 Å². The summed E-state index contributed by atoms with van der Waals surface area (Å²) >= 11 is 1.07. The van der Waals surface area contributed by atoms with E-state index in [9.17, 15) is 27.2 Å². The Kier molecular flexibility index (Phi) is 5.70. The molecule has 2 aromatic carbocycles. The fraction of sp³-hybridized carbons (Fsp3) is 0.158. The molecule has 0 atom stereocenters. The van der Waals surface area contributed by atoms with Gasteiger partial charge in [-0.15, -0.1) is 11.3 Å². The van der Waals surface area contributed by atoms with Gasteiger partial charge >= 0.3 is 12.8 Å².